The van der Waals surface area contributed by atoms with Gasteiger partial charge in [0.25, 0.3) is 0 Å². The summed E-state index contributed by atoms with van der Waals surface area (Å²) in [6, 6.07) is 0. The monoisotopic (exact) mass is 128 g/mol. The van der Waals surface area contributed by atoms with Crippen molar-refractivity contribution in [2.45, 2.75) is 38.9 Å². The van der Waals surface area contributed by atoms with E-state index < -0.39 is 0 Å². The Morgan fingerprint density at radius 2 is 2.00 bits per heavy atom. The van der Waals surface area contributed by atoms with Gasteiger partial charge in [-0.15, -0.1) is 0 Å². The van der Waals surface area contributed by atoms with Crippen molar-refractivity contribution < 1.29 is 0 Å². The summed E-state index contributed by atoms with van der Waals surface area (Å²) < 4.78 is 0. The molecule has 2 N–H and O–H groups in total. The van der Waals surface area contributed by atoms with Crippen molar-refractivity contribution in [3.8, 4) is 0 Å². The summed E-state index contributed by atoms with van der Waals surface area (Å²) in [7, 11) is 0. The van der Waals surface area contributed by atoms with E-state index in [0.29, 0.717) is 6.17 Å². The van der Waals surface area contributed by atoms with E-state index in [4.69, 9.17) is 5.73 Å². The summed E-state index contributed by atoms with van der Waals surface area (Å²) in [5.41, 5.74) is 6.01. The molecule has 0 aliphatic carbocycles. The molecule has 9 heavy (non-hydrogen) atoms. The Bertz CT molecular complexity index is 104. The van der Waals surface area contributed by atoms with E-state index in [1.54, 1.807) is 0 Å². The van der Waals surface area contributed by atoms with Crippen LogP contribution in [0.25, 0.3) is 0 Å². The van der Waals surface area contributed by atoms with E-state index in [2.05, 4.69) is 25.7 Å². The molecule has 1 fully saturated rings. The maximum Gasteiger partial charge on any atom is 0.0588 e. The molecule has 54 valence electrons. The lowest BCUT2D eigenvalue weighted by Crippen LogP contribution is -2.60. The fraction of sp³-hybridized carbons (Fsp3) is 1.00. The molecule has 1 saturated heterocycles. The van der Waals surface area contributed by atoms with Gasteiger partial charge in [-0.1, -0.05) is 0 Å². The lowest BCUT2D eigenvalue weighted by molar-refractivity contribution is 0.00546. The zero-order valence-electron chi connectivity index (χ0n) is 6.52. The van der Waals surface area contributed by atoms with Crippen molar-refractivity contribution in [3.63, 3.8) is 0 Å². The first-order valence-electron chi connectivity index (χ1n) is 3.54. The summed E-state index contributed by atoms with van der Waals surface area (Å²) in [6.45, 7) is 7.77. The molecule has 1 aliphatic heterocycles. The zero-order chi connectivity index (χ0) is 7.07. The normalized spacial score (nSPS) is 30.0. The van der Waals surface area contributed by atoms with Crippen LogP contribution in [0.4, 0.5) is 0 Å². The first-order chi connectivity index (χ1) is 4.02. The van der Waals surface area contributed by atoms with Gasteiger partial charge in [-0.05, 0) is 27.2 Å². The maximum atomic E-state index is 5.73. The van der Waals surface area contributed by atoms with Gasteiger partial charge in [0.2, 0.25) is 0 Å². The van der Waals surface area contributed by atoms with Crippen LogP contribution >= 0.6 is 0 Å². The van der Waals surface area contributed by atoms with Gasteiger partial charge in [0.05, 0.1) is 6.17 Å². The molecule has 0 radical (unpaired) electrons. The molecular formula is C7H16N2. The Morgan fingerprint density at radius 3 is 2.00 bits per heavy atom. The van der Waals surface area contributed by atoms with E-state index in [-0.39, 0.29) is 5.54 Å². The van der Waals surface area contributed by atoms with Crippen molar-refractivity contribution >= 4 is 0 Å². The van der Waals surface area contributed by atoms with Gasteiger partial charge in [0, 0.05) is 12.1 Å². The van der Waals surface area contributed by atoms with Crippen LogP contribution in [0.5, 0.6) is 0 Å². The molecule has 1 aliphatic rings. The third kappa shape index (κ3) is 1.25. The van der Waals surface area contributed by atoms with Crippen molar-refractivity contribution in [2.75, 3.05) is 6.54 Å². The third-order valence-electron chi connectivity index (χ3n) is 1.93. The smallest absolute Gasteiger partial charge is 0.0588 e. The number of hydrogen-bond acceptors (Lipinski definition) is 2. The maximum absolute atomic E-state index is 5.73. The predicted octanol–water partition coefficient (Wildman–Crippen LogP) is 0.775. The predicted molar refractivity (Wildman–Crippen MR) is 39.1 cm³/mol. The Morgan fingerprint density at radius 1 is 1.44 bits per heavy atom. The van der Waals surface area contributed by atoms with Gasteiger partial charge in [-0.2, -0.15) is 0 Å². The molecule has 0 bridgehead atoms. The van der Waals surface area contributed by atoms with Crippen LogP contribution in [0, 0.1) is 0 Å². The van der Waals surface area contributed by atoms with E-state index in [1.165, 1.54) is 6.54 Å². The molecule has 1 heterocycles. The minimum absolute atomic E-state index is 0.275. The molecule has 0 spiro atoms. The molecule has 0 aromatic rings. The molecule has 0 saturated carbocycles. The highest BCUT2D eigenvalue weighted by Crippen LogP contribution is 2.23. The second-order valence-electron chi connectivity index (χ2n) is 3.72. The van der Waals surface area contributed by atoms with Crippen molar-refractivity contribution in [1.29, 1.82) is 0 Å². The van der Waals surface area contributed by atoms with Crippen molar-refractivity contribution in [2.24, 2.45) is 5.73 Å². The summed E-state index contributed by atoms with van der Waals surface area (Å²) in [6.07, 6.45) is 1.49. The van der Waals surface area contributed by atoms with Gasteiger partial charge < -0.3 is 5.73 Å². The standard InChI is InChI=1S/C7H16N2/c1-7(2,3)9-5-4-6(9)8/h6H,4-5,8H2,1-3H3. The Balaban J connectivity index is 2.44. The second kappa shape index (κ2) is 1.96. The number of nitrogens with zero attached hydrogens (tertiary/aromatic N) is 1. The SMILES string of the molecule is CC(C)(C)N1CCC1N. The average Bonchev–Trinajstić information content (AvgIpc) is 1.57. The van der Waals surface area contributed by atoms with Crippen LogP contribution in [0.15, 0.2) is 0 Å². The second-order valence-corrected chi connectivity index (χ2v) is 3.72. The van der Waals surface area contributed by atoms with E-state index >= 15 is 0 Å². The van der Waals surface area contributed by atoms with Gasteiger partial charge in [-0.25, -0.2) is 0 Å². The van der Waals surface area contributed by atoms with Crippen LogP contribution in [0.3, 0.4) is 0 Å². The Kier molecular flexibility index (Phi) is 1.53. The molecule has 1 atom stereocenters. The molecule has 0 aromatic heterocycles. The number of hydrogen-bond donors (Lipinski definition) is 1. The van der Waals surface area contributed by atoms with Crippen LogP contribution in [-0.2, 0) is 0 Å². The van der Waals surface area contributed by atoms with Crippen LogP contribution in [0.2, 0.25) is 0 Å². The summed E-state index contributed by atoms with van der Waals surface area (Å²) in [5.74, 6) is 0. The number of likely N-dealkylation sites (tertiary alicyclic amines) is 1. The quantitative estimate of drug-likeness (QED) is 0.522. The highest BCUT2D eigenvalue weighted by atomic mass is 15.3. The Hall–Kier alpha value is -0.0800. The molecule has 2 heteroatoms. The zero-order valence-corrected chi connectivity index (χ0v) is 6.52. The van der Waals surface area contributed by atoms with Gasteiger partial charge >= 0.3 is 0 Å². The molecule has 1 rings (SSSR count). The van der Waals surface area contributed by atoms with Crippen molar-refractivity contribution in [1.82, 2.24) is 4.90 Å². The van der Waals surface area contributed by atoms with E-state index in [1.807, 2.05) is 0 Å². The topological polar surface area (TPSA) is 29.3 Å². The summed E-state index contributed by atoms with van der Waals surface area (Å²) >= 11 is 0. The summed E-state index contributed by atoms with van der Waals surface area (Å²) in [5, 5.41) is 0. The average molecular weight is 128 g/mol. The van der Waals surface area contributed by atoms with Crippen LogP contribution < -0.4 is 5.73 Å². The molecule has 0 aromatic carbocycles. The number of nitrogens with two attached hydrogens (primary N) is 1. The molecule has 2 nitrogen and oxygen atoms in total. The first-order valence-corrected chi connectivity index (χ1v) is 3.54. The summed E-state index contributed by atoms with van der Waals surface area (Å²) in [4.78, 5) is 2.31. The molecule has 1 unspecified atom stereocenters. The largest absolute Gasteiger partial charge is 0.316 e. The van der Waals surface area contributed by atoms with Gasteiger partial charge in [0.15, 0.2) is 0 Å². The van der Waals surface area contributed by atoms with E-state index in [0.717, 1.165) is 6.42 Å². The van der Waals surface area contributed by atoms with Gasteiger partial charge in [-0.3, -0.25) is 4.90 Å². The third-order valence-corrected chi connectivity index (χ3v) is 1.93. The number of rotatable bonds is 0. The highest BCUT2D eigenvalue weighted by Gasteiger charge is 2.32. The lowest BCUT2D eigenvalue weighted by Gasteiger charge is -2.47. The fourth-order valence-corrected chi connectivity index (χ4v) is 1.24. The minimum atomic E-state index is 0.275. The highest BCUT2D eigenvalue weighted by molar-refractivity contribution is 4.87. The van der Waals surface area contributed by atoms with Crippen LogP contribution in [0.1, 0.15) is 27.2 Å². The Labute approximate surface area is 57.0 Å². The minimum Gasteiger partial charge on any atom is -0.316 e. The lowest BCUT2D eigenvalue weighted by atomic mass is 9.98. The van der Waals surface area contributed by atoms with Gasteiger partial charge in [0.1, 0.15) is 0 Å². The molecule has 0 amide bonds. The van der Waals surface area contributed by atoms with Crippen molar-refractivity contribution in [3.05, 3.63) is 0 Å². The van der Waals surface area contributed by atoms with Crippen LogP contribution in [-0.4, -0.2) is 23.1 Å². The van der Waals surface area contributed by atoms with E-state index in [9.17, 15) is 0 Å². The fourth-order valence-electron chi connectivity index (χ4n) is 1.24. The molecular weight excluding hydrogens is 112 g/mol. The first kappa shape index (κ1) is 7.03.